The van der Waals surface area contributed by atoms with Crippen molar-refractivity contribution in [3.63, 3.8) is 0 Å². The molecular weight excluding hydrogens is 301 g/mol. The summed E-state index contributed by atoms with van der Waals surface area (Å²) < 4.78 is 40.5. The van der Waals surface area contributed by atoms with E-state index < -0.39 is 12.8 Å². The van der Waals surface area contributed by atoms with Gasteiger partial charge in [0.15, 0.2) is 6.61 Å². The van der Waals surface area contributed by atoms with Crippen LogP contribution >= 0.6 is 0 Å². The first-order chi connectivity index (χ1) is 10.4. The number of rotatable bonds is 5. The molecule has 0 aliphatic carbocycles. The van der Waals surface area contributed by atoms with E-state index in [0.717, 1.165) is 12.8 Å². The standard InChI is InChI=1S/C13H17F3N4O2/c1-2-9-5-10(20-19-9)18-12(21)8-3-4-11(17-6-8)22-7-13(14,15)16/h3-4,6,9-10,19-20H,2,5,7H2,1H3,(H,18,21). The molecular formula is C13H17F3N4O2. The van der Waals surface area contributed by atoms with Gasteiger partial charge in [-0.15, -0.1) is 0 Å². The lowest BCUT2D eigenvalue weighted by Crippen LogP contribution is -2.44. The van der Waals surface area contributed by atoms with Crippen LogP contribution in [0.5, 0.6) is 5.88 Å². The van der Waals surface area contributed by atoms with Crippen LogP contribution in [-0.4, -0.2) is 35.9 Å². The second kappa shape index (κ2) is 6.93. The van der Waals surface area contributed by atoms with E-state index in [-0.39, 0.29) is 23.5 Å². The molecule has 0 aromatic carbocycles. The minimum absolute atomic E-state index is 0.180. The number of hydrazine groups is 1. The van der Waals surface area contributed by atoms with Gasteiger partial charge in [0.1, 0.15) is 0 Å². The lowest BCUT2D eigenvalue weighted by Gasteiger charge is -2.12. The summed E-state index contributed by atoms with van der Waals surface area (Å²) in [5, 5.41) is 2.76. The molecule has 1 aromatic rings. The topological polar surface area (TPSA) is 75.3 Å². The number of hydrogen-bond donors (Lipinski definition) is 3. The summed E-state index contributed by atoms with van der Waals surface area (Å²) in [7, 11) is 0. The van der Waals surface area contributed by atoms with Crippen LogP contribution in [-0.2, 0) is 0 Å². The third-order valence-electron chi connectivity index (χ3n) is 3.16. The minimum Gasteiger partial charge on any atom is -0.468 e. The highest BCUT2D eigenvalue weighted by molar-refractivity contribution is 5.94. The van der Waals surface area contributed by atoms with E-state index in [1.165, 1.54) is 18.3 Å². The molecule has 2 unspecified atom stereocenters. The Bertz CT molecular complexity index is 507. The van der Waals surface area contributed by atoms with Crippen LogP contribution in [0.3, 0.4) is 0 Å². The number of aromatic nitrogens is 1. The molecule has 2 heterocycles. The molecule has 22 heavy (non-hydrogen) atoms. The highest BCUT2D eigenvalue weighted by Gasteiger charge is 2.28. The molecule has 0 spiro atoms. The third-order valence-corrected chi connectivity index (χ3v) is 3.16. The average molecular weight is 318 g/mol. The fourth-order valence-electron chi connectivity index (χ4n) is 1.98. The Labute approximate surface area is 125 Å². The summed E-state index contributed by atoms with van der Waals surface area (Å²) in [5.74, 6) is -0.536. The van der Waals surface area contributed by atoms with Crippen molar-refractivity contribution in [1.29, 1.82) is 0 Å². The molecule has 2 atom stereocenters. The Morgan fingerprint density at radius 3 is 2.77 bits per heavy atom. The zero-order valence-corrected chi connectivity index (χ0v) is 11.9. The second-order valence-electron chi connectivity index (χ2n) is 4.94. The first-order valence-electron chi connectivity index (χ1n) is 6.85. The molecule has 2 rings (SSSR count). The maximum atomic E-state index is 12.0. The van der Waals surface area contributed by atoms with Crippen LogP contribution in [0.2, 0.25) is 0 Å². The maximum Gasteiger partial charge on any atom is 0.422 e. The summed E-state index contributed by atoms with van der Waals surface area (Å²) >= 11 is 0. The van der Waals surface area contributed by atoms with Gasteiger partial charge in [0.2, 0.25) is 5.88 Å². The van der Waals surface area contributed by atoms with E-state index in [0.29, 0.717) is 6.04 Å². The molecule has 3 N–H and O–H groups in total. The molecule has 0 radical (unpaired) electrons. The molecule has 1 aliphatic rings. The fourth-order valence-corrected chi connectivity index (χ4v) is 1.98. The van der Waals surface area contributed by atoms with E-state index in [9.17, 15) is 18.0 Å². The van der Waals surface area contributed by atoms with E-state index in [1.54, 1.807) is 0 Å². The Morgan fingerprint density at radius 2 is 2.23 bits per heavy atom. The molecule has 1 amide bonds. The second-order valence-corrected chi connectivity index (χ2v) is 4.94. The molecule has 9 heteroatoms. The molecule has 6 nitrogen and oxygen atoms in total. The van der Waals surface area contributed by atoms with Gasteiger partial charge < -0.3 is 10.1 Å². The SMILES string of the molecule is CCC1CC(NC(=O)c2ccc(OCC(F)(F)F)nc2)NN1. The molecule has 1 saturated heterocycles. The molecule has 1 fully saturated rings. The molecule has 1 aromatic heterocycles. The van der Waals surface area contributed by atoms with Gasteiger partial charge >= 0.3 is 6.18 Å². The van der Waals surface area contributed by atoms with Crippen LogP contribution in [0.4, 0.5) is 13.2 Å². The van der Waals surface area contributed by atoms with Gasteiger partial charge in [0, 0.05) is 18.3 Å². The maximum absolute atomic E-state index is 12.0. The Morgan fingerprint density at radius 1 is 1.45 bits per heavy atom. The lowest BCUT2D eigenvalue weighted by atomic mass is 10.1. The van der Waals surface area contributed by atoms with Crippen LogP contribution in [0.25, 0.3) is 0 Å². The Kier molecular flexibility index (Phi) is 5.19. The molecule has 0 bridgehead atoms. The van der Waals surface area contributed by atoms with Gasteiger partial charge in [-0.3, -0.25) is 10.2 Å². The highest BCUT2D eigenvalue weighted by atomic mass is 19.4. The van der Waals surface area contributed by atoms with Gasteiger partial charge in [0.25, 0.3) is 5.91 Å². The largest absolute Gasteiger partial charge is 0.468 e. The summed E-state index contributed by atoms with van der Waals surface area (Å²) in [4.78, 5) is 15.7. The number of halogens is 3. The van der Waals surface area contributed by atoms with E-state index in [1.807, 2.05) is 6.92 Å². The summed E-state index contributed by atoms with van der Waals surface area (Å²) in [5.41, 5.74) is 6.25. The quantitative estimate of drug-likeness (QED) is 0.764. The number of amides is 1. The van der Waals surface area contributed by atoms with Crippen molar-refractivity contribution in [2.45, 2.75) is 38.1 Å². The van der Waals surface area contributed by atoms with Crippen molar-refractivity contribution in [1.82, 2.24) is 21.2 Å². The van der Waals surface area contributed by atoms with Gasteiger partial charge in [-0.2, -0.15) is 13.2 Å². The fraction of sp³-hybridized carbons (Fsp3) is 0.538. The van der Waals surface area contributed by atoms with Gasteiger partial charge in [-0.25, -0.2) is 10.4 Å². The zero-order valence-electron chi connectivity index (χ0n) is 11.9. The molecule has 122 valence electrons. The first-order valence-corrected chi connectivity index (χ1v) is 6.85. The first kappa shape index (κ1) is 16.5. The number of carbonyl (C=O) groups excluding carboxylic acids is 1. The lowest BCUT2D eigenvalue weighted by molar-refractivity contribution is -0.154. The summed E-state index contributed by atoms with van der Waals surface area (Å²) in [6.07, 6.45) is -1.75. The minimum atomic E-state index is -4.42. The normalized spacial score (nSPS) is 21.6. The van der Waals surface area contributed by atoms with Crippen molar-refractivity contribution in [2.75, 3.05) is 6.61 Å². The number of carbonyl (C=O) groups is 1. The number of hydrogen-bond acceptors (Lipinski definition) is 5. The number of ether oxygens (including phenoxy) is 1. The van der Waals surface area contributed by atoms with Crippen molar-refractivity contribution < 1.29 is 22.7 Å². The smallest absolute Gasteiger partial charge is 0.422 e. The Balaban J connectivity index is 1.86. The van der Waals surface area contributed by atoms with E-state index in [2.05, 4.69) is 25.9 Å². The van der Waals surface area contributed by atoms with E-state index >= 15 is 0 Å². The van der Waals surface area contributed by atoms with Crippen molar-refractivity contribution in [3.05, 3.63) is 23.9 Å². The number of nitrogens with one attached hydrogen (secondary N) is 3. The Hall–Kier alpha value is -1.87. The van der Waals surface area contributed by atoms with Crippen molar-refractivity contribution in [2.24, 2.45) is 0 Å². The zero-order chi connectivity index (χ0) is 16.2. The predicted octanol–water partition coefficient (Wildman–Crippen LogP) is 1.36. The monoisotopic (exact) mass is 318 g/mol. The highest BCUT2D eigenvalue weighted by Crippen LogP contribution is 2.17. The number of pyridine rings is 1. The predicted molar refractivity (Wildman–Crippen MR) is 72.0 cm³/mol. The third kappa shape index (κ3) is 4.85. The van der Waals surface area contributed by atoms with Crippen molar-refractivity contribution in [3.8, 4) is 5.88 Å². The number of alkyl halides is 3. The van der Waals surface area contributed by atoms with Gasteiger partial charge in [-0.1, -0.05) is 6.92 Å². The van der Waals surface area contributed by atoms with Crippen LogP contribution in [0.1, 0.15) is 30.1 Å². The van der Waals surface area contributed by atoms with Crippen molar-refractivity contribution >= 4 is 5.91 Å². The molecule has 1 aliphatic heterocycles. The van der Waals surface area contributed by atoms with Gasteiger partial charge in [0.05, 0.1) is 11.7 Å². The van der Waals surface area contributed by atoms with Crippen LogP contribution in [0, 0.1) is 0 Å². The summed E-state index contributed by atoms with van der Waals surface area (Å²) in [6.45, 7) is 0.620. The average Bonchev–Trinajstić information content (AvgIpc) is 2.92. The number of nitrogens with zero attached hydrogens (tertiary/aromatic N) is 1. The van der Waals surface area contributed by atoms with Crippen LogP contribution in [0.15, 0.2) is 18.3 Å². The molecule has 0 saturated carbocycles. The van der Waals surface area contributed by atoms with E-state index in [4.69, 9.17) is 0 Å². The summed E-state index contributed by atoms with van der Waals surface area (Å²) in [6, 6.07) is 2.89. The van der Waals surface area contributed by atoms with Gasteiger partial charge in [-0.05, 0) is 18.9 Å². The van der Waals surface area contributed by atoms with Crippen LogP contribution < -0.4 is 20.9 Å².